The summed E-state index contributed by atoms with van der Waals surface area (Å²) in [4.78, 5) is 29.1. The lowest BCUT2D eigenvalue weighted by molar-refractivity contribution is -0.153. The lowest BCUT2D eigenvalue weighted by Crippen LogP contribution is -2.56. The number of ether oxygens (including phenoxy) is 2. The lowest BCUT2D eigenvalue weighted by atomic mass is 9.89. The maximum atomic E-state index is 12.6. The highest BCUT2D eigenvalue weighted by Gasteiger charge is 2.41. The molecule has 1 aromatic carbocycles. The number of amides is 1. The summed E-state index contributed by atoms with van der Waals surface area (Å²) in [5.41, 5.74) is 0.621. The highest BCUT2D eigenvalue weighted by Crippen LogP contribution is 2.30. The molecule has 3 unspecified atom stereocenters. The highest BCUT2D eigenvalue weighted by atomic mass is 16.6. The van der Waals surface area contributed by atoms with E-state index in [1.54, 1.807) is 4.90 Å². The molecule has 0 radical (unpaired) electrons. The van der Waals surface area contributed by atoms with Crippen LogP contribution in [0.15, 0.2) is 30.3 Å². The Morgan fingerprint density at radius 2 is 1.89 bits per heavy atom. The number of benzene rings is 1. The van der Waals surface area contributed by atoms with Gasteiger partial charge in [0.05, 0.1) is 12.5 Å². The molecule has 1 aromatic rings. The number of esters is 1. The molecule has 0 saturated carbocycles. The predicted octanol–water partition coefficient (Wildman–Crippen LogP) is 3.87. The van der Waals surface area contributed by atoms with Crippen molar-refractivity contribution in [1.29, 1.82) is 0 Å². The molecule has 1 aliphatic heterocycles. The van der Waals surface area contributed by atoms with Gasteiger partial charge in [0.2, 0.25) is 0 Å². The molecule has 0 aromatic heterocycles. The molecule has 1 amide bonds. The zero-order chi connectivity index (χ0) is 20.9. The number of carbonyl (C=O) groups excluding carboxylic acids is 2. The second kappa shape index (κ2) is 9.41. The molecule has 0 aliphatic carbocycles. The number of hydrogen-bond acceptors (Lipinski definition) is 5. The Labute approximate surface area is 168 Å². The van der Waals surface area contributed by atoms with Gasteiger partial charge in [-0.15, -0.1) is 0 Å². The van der Waals surface area contributed by atoms with Gasteiger partial charge in [0.25, 0.3) is 0 Å². The average molecular weight is 391 g/mol. The summed E-state index contributed by atoms with van der Waals surface area (Å²) in [5.74, 6) is -0.460. The van der Waals surface area contributed by atoms with Crippen LogP contribution in [0, 0.1) is 5.92 Å². The minimum atomic E-state index is -0.548. The summed E-state index contributed by atoms with van der Waals surface area (Å²) in [7, 11) is 2.01. The quantitative estimate of drug-likeness (QED) is 0.715. The summed E-state index contributed by atoms with van der Waals surface area (Å²) >= 11 is 0. The van der Waals surface area contributed by atoms with E-state index in [1.165, 1.54) is 5.56 Å². The van der Waals surface area contributed by atoms with E-state index in [-0.39, 0.29) is 30.1 Å². The van der Waals surface area contributed by atoms with Crippen molar-refractivity contribution in [3.63, 3.8) is 0 Å². The summed E-state index contributed by atoms with van der Waals surface area (Å²) in [6.45, 7) is 10.8. The molecule has 6 heteroatoms. The first kappa shape index (κ1) is 22.2. The van der Waals surface area contributed by atoms with Crippen LogP contribution < -0.4 is 0 Å². The number of likely N-dealkylation sites (N-methyl/N-ethyl adjacent to an activating group) is 1. The van der Waals surface area contributed by atoms with E-state index < -0.39 is 5.60 Å². The average Bonchev–Trinajstić information content (AvgIpc) is 2.66. The molecule has 1 heterocycles. The number of carbonyl (C=O) groups is 2. The van der Waals surface area contributed by atoms with Gasteiger partial charge in [-0.1, -0.05) is 30.3 Å². The molecule has 3 atom stereocenters. The normalized spacial score (nSPS) is 21.3. The molecule has 1 fully saturated rings. The van der Waals surface area contributed by atoms with Crippen LogP contribution in [0.3, 0.4) is 0 Å². The van der Waals surface area contributed by atoms with Crippen LogP contribution in [-0.2, 0) is 14.3 Å². The standard InChI is InChI=1S/C22H34N2O4/c1-7-27-20(25)18-13-14-24(21(26)28-22(3,4)5)15-19(18)23(6)16(2)17-11-9-8-10-12-17/h8-12,16,18-19H,7,13-15H2,1-6H3. The number of nitrogens with zero attached hydrogens (tertiary/aromatic N) is 2. The molecule has 156 valence electrons. The van der Waals surface area contributed by atoms with Crippen LogP contribution in [0.25, 0.3) is 0 Å². The van der Waals surface area contributed by atoms with Crippen LogP contribution >= 0.6 is 0 Å². The summed E-state index contributed by atoms with van der Waals surface area (Å²) < 4.78 is 10.9. The molecule has 1 saturated heterocycles. The second-order valence-electron chi connectivity index (χ2n) is 8.39. The van der Waals surface area contributed by atoms with Gasteiger partial charge in [0.1, 0.15) is 5.60 Å². The van der Waals surface area contributed by atoms with Gasteiger partial charge in [-0.05, 0) is 53.7 Å². The van der Waals surface area contributed by atoms with E-state index in [4.69, 9.17) is 9.47 Å². The fourth-order valence-electron chi connectivity index (χ4n) is 3.61. The molecule has 2 rings (SSSR count). The van der Waals surface area contributed by atoms with Gasteiger partial charge in [-0.2, -0.15) is 0 Å². The van der Waals surface area contributed by atoms with E-state index in [0.29, 0.717) is 26.1 Å². The van der Waals surface area contributed by atoms with Crippen molar-refractivity contribution in [2.75, 3.05) is 26.7 Å². The second-order valence-corrected chi connectivity index (χ2v) is 8.39. The smallest absolute Gasteiger partial charge is 0.410 e. The zero-order valence-corrected chi connectivity index (χ0v) is 18.0. The molecule has 0 N–H and O–H groups in total. The maximum Gasteiger partial charge on any atom is 0.410 e. The Morgan fingerprint density at radius 3 is 2.46 bits per heavy atom. The first-order chi connectivity index (χ1) is 13.1. The first-order valence-electron chi connectivity index (χ1n) is 10.1. The predicted molar refractivity (Wildman–Crippen MR) is 109 cm³/mol. The van der Waals surface area contributed by atoms with Gasteiger partial charge in [0, 0.05) is 25.2 Å². The van der Waals surface area contributed by atoms with Crippen molar-refractivity contribution in [2.45, 2.75) is 58.7 Å². The minimum Gasteiger partial charge on any atom is -0.466 e. The fourth-order valence-corrected chi connectivity index (χ4v) is 3.61. The number of piperidine rings is 1. The summed E-state index contributed by atoms with van der Waals surface area (Å²) in [6, 6.07) is 10.1. The Bertz CT molecular complexity index is 656. The van der Waals surface area contributed by atoms with Crippen LogP contribution in [0.1, 0.15) is 52.6 Å². The largest absolute Gasteiger partial charge is 0.466 e. The SMILES string of the molecule is CCOC(=O)C1CCN(C(=O)OC(C)(C)C)CC1N(C)C(C)c1ccccc1. The summed E-state index contributed by atoms with van der Waals surface area (Å²) in [5, 5.41) is 0. The molecule has 6 nitrogen and oxygen atoms in total. The van der Waals surface area contributed by atoms with Crippen molar-refractivity contribution >= 4 is 12.1 Å². The molecular weight excluding hydrogens is 356 g/mol. The minimum absolute atomic E-state index is 0.0988. The van der Waals surface area contributed by atoms with Gasteiger partial charge < -0.3 is 14.4 Å². The van der Waals surface area contributed by atoms with Gasteiger partial charge in [-0.3, -0.25) is 9.69 Å². The lowest BCUT2D eigenvalue weighted by Gasteiger charge is -2.44. The van der Waals surface area contributed by atoms with Crippen molar-refractivity contribution < 1.29 is 19.1 Å². The van der Waals surface area contributed by atoms with Crippen molar-refractivity contribution in [2.24, 2.45) is 5.92 Å². The van der Waals surface area contributed by atoms with Crippen LogP contribution in [0.5, 0.6) is 0 Å². The van der Waals surface area contributed by atoms with Crippen LogP contribution in [0.2, 0.25) is 0 Å². The van der Waals surface area contributed by atoms with E-state index in [2.05, 4.69) is 24.0 Å². The molecule has 28 heavy (non-hydrogen) atoms. The van der Waals surface area contributed by atoms with E-state index in [1.807, 2.05) is 52.9 Å². The highest BCUT2D eigenvalue weighted by molar-refractivity contribution is 5.74. The first-order valence-corrected chi connectivity index (χ1v) is 10.1. The molecular formula is C22H34N2O4. The van der Waals surface area contributed by atoms with E-state index >= 15 is 0 Å². The molecule has 0 spiro atoms. The Kier molecular flexibility index (Phi) is 7.47. The Hall–Kier alpha value is -2.08. The Balaban J connectivity index is 2.21. The van der Waals surface area contributed by atoms with Gasteiger partial charge in [0.15, 0.2) is 0 Å². The van der Waals surface area contributed by atoms with Crippen molar-refractivity contribution in [3.8, 4) is 0 Å². The number of hydrogen-bond donors (Lipinski definition) is 0. The van der Waals surface area contributed by atoms with Gasteiger partial charge in [-0.25, -0.2) is 4.79 Å². The third-order valence-corrected chi connectivity index (χ3v) is 5.24. The van der Waals surface area contributed by atoms with Crippen molar-refractivity contribution in [1.82, 2.24) is 9.80 Å². The topological polar surface area (TPSA) is 59.1 Å². The number of likely N-dealkylation sites (tertiary alicyclic amines) is 1. The van der Waals surface area contributed by atoms with E-state index in [9.17, 15) is 9.59 Å². The van der Waals surface area contributed by atoms with E-state index in [0.717, 1.165) is 0 Å². The third-order valence-electron chi connectivity index (χ3n) is 5.24. The Morgan fingerprint density at radius 1 is 1.25 bits per heavy atom. The van der Waals surface area contributed by atoms with Crippen LogP contribution in [-0.4, -0.2) is 60.2 Å². The third kappa shape index (κ3) is 5.71. The number of rotatable bonds is 5. The van der Waals surface area contributed by atoms with Crippen molar-refractivity contribution in [3.05, 3.63) is 35.9 Å². The molecule has 1 aliphatic rings. The fraction of sp³-hybridized carbons (Fsp3) is 0.636. The molecule has 0 bridgehead atoms. The summed E-state index contributed by atoms with van der Waals surface area (Å²) in [6.07, 6.45) is 0.231. The monoisotopic (exact) mass is 390 g/mol. The maximum absolute atomic E-state index is 12.6. The zero-order valence-electron chi connectivity index (χ0n) is 18.0. The van der Waals surface area contributed by atoms with Gasteiger partial charge >= 0.3 is 12.1 Å². The van der Waals surface area contributed by atoms with Crippen LogP contribution in [0.4, 0.5) is 4.79 Å².